The van der Waals surface area contributed by atoms with Gasteiger partial charge in [-0.15, -0.1) is 0 Å². The van der Waals surface area contributed by atoms with Gasteiger partial charge in [0.1, 0.15) is 0 Å². The van der Waals surface area contributed by atoms with Gasteiger partial charge in [-0.05, 0) is 12.8 Å². The first-order valence-corrected chi connectivity index (χ1v) is 5.53. The molecule has 0 atom stereocenters. The summed E-state index contributed by atoms with van der Waals surface area (Å²) >= 11 is 0. The van der Waals surface area contributed by atoms with Crippen LogP contribution in [0.3, 0.4) is 0 Å². The van der Waals surface area contributed by atoms with E-state index in [1.54, 1.807) is 0 Å². The molecular formula is C11H23N3. The zero-order chi connectivity index (χ0) is 10.6. The molecule has 1 rings (SSSR count). The first-order chi connectivity index (χ1) is 6.66. The molecule has 0 spiro atoms. The number of aliphatic imine (C=N–C) groups is 1. The Morgan fingerprint density at radius 1 is 1.07 bits per heavy atom. The average molecular weight is 197 g/mol. The van der Waals surface area contributed by atoms with Crippen molar-refractivity contribution in [3.8, 4) is 0 Å². The summed E-state index contributed by atoms with van der Waals surface area (Å²) in [5, 5.41) is 0. The van der Waals surface area contributed by atoms with Crippen molar-refractivity contribution >= 4 is 5.96 Å². The van der Waals surface area contributed by atoms with Gasteiger partial charge in [0.05, 0.1) is 0 Å². The monoisotopic (exact) mass is 197 g/mol. The van der Waals surface area contributed by atoms with Crippen LogP contribution in [-0.4, -0.2) is 50.0 Å². The number of nitrogens with zero attached hydrogens (tertiary/aromatic N) is 3. The Morgan fingerprint density at radius 3 is 2.07 bits per heavy atom. The van der Waals surface area contributed by atoms with Crippen molar-refractivity contribution in [2.45, 2.75) is 38.1 Å². The molecule has 0 aromatic carbocycles. The molecule has 82 valence electrons. The highest BCUT2D eigenvalue weighted by Crippen LogP contribution is 2.21. The summed E-state index contributed by atoms with van der Waals surface area (Å²) in [7, 11) is 8.15. The van der Waals surface area contributed by atoms with E-state index in [1.165, 1.54) is 32.1 Å². The van der Waals surface area contributed by atoms with Gasteiger partial charge < -0.3 is 9.80 Å². The molecule has 0 unspecified atom stereocenters. The maximum atomic E-state index is 4.33. The molecule has 0 amide bonds. The highest BCUT2D eigenvalue weighted by molar-refractivity contribution is 5.79. The normalized spacial score (nSPS) is 19.6. The van der Waals surface area contributed by atoms with Crippen molar-refractivity contribution in [2.24, 2.45) is 4.99 Å². The molecule has 0 saturated heterocycles. The van der Waals surface area contributed by atoms with E-state index in [2.05, 4.69) is 35.9 Å². The lowest BCUT2D eigenvalue weighted by Crippen LogP contribution is -2.44. The number of rotatable bonds is 1. The van der Waals surface area contributed by atoms with E-state index in [-0.39, 0.29) is 0 Å². The number of hydrogen-bond acceptors (Lipinski definition) is 1. The molecule has 0 aromatic heterocycles. The minimum atomic E-state index is 0.699. The van der Waals surface area contributed by atoms with E-state index in [1.807, 2.05) is 7.05 Å². The molecule has 0 N–H and O–H groups in total. The van der Waals surface area contributed by atoms with Crippen LogP contribution < -0.4 is 0 Å². The molecule has 1 aliphatic carbocycles. The SMILES string of the molecule is C/N=C(/N(C)C)N(C)C1CCCCC1. The fourth-order valence-electron chi connectivity index (χ4n) is 2.30. The molecule has 1 aliphatic rings. The summed E-state index contributed by atoms with van der Waals surface area (Å²) in [5.74, 6) is 1.09. The third-order valence-electron chi connectivity index (χ3n) is 3.04. The molecule has 1 saturated carbocycles. The lowest BCUT2D eigenvalue weighted by molar-refractivity contribution is 0.257. The maximum absolute atomic E-state index is 4.33. The molecule has 14 heavy (non-hydrogen) atoms. The van der Waals surface area contributed by atoms with E-state index in [0.29, 0.717) is 6.04 Å². The van der Waals surface area contributed by atoms with E-state index < -0.39 is 0 Å². The molecule has 1 fully saturated rings. The summed E-state index contributed by atoms with van der Waals surface area (Å²) in [6.45, 7) is 0. The van der Waals surface area contributed by atoms with Crippen molar-refractivity contribution in [1.82, 2.24) is 9.80 Å². The second-order valence-corrected chi connectivity index (χ2v) is 4.32. The summed E-state index contributed by atoms with van der Waals surface area (Å²) in [6, 6.07) is 0.699. The van der Waals surface area contributed by atoms with E-state index in [9.17, 15) is 0 Å². The molecule has 0 aromatic rings. The zero-order valence-electron chi connectivity index (χ0n) is 9.95. The van der Waals surface area contributed by atoms with Crippen LogP contribution in [0.4, 0.5) is 0 Å². The van der Waals surface area contributed by atoms with Gasteiger partial charge in [-0.3, -0.25) is 4.99 Å². The van der Waals surface area contributed by atoms with Crippen LogP contribution in [0.5, 0.6) is 0 Å². The minimum absolute atomic E-state index is 0.699. The van der Waals surface area contributed by atoms with Crippen LogP contribution in [-0.2, 0) is 0 Å². The van der Waals surface area contributed by atoms with Crippen molar-refractivity contribution in [2.75, 3.05) is 28.2 Å². The molecule has 3 heteroatoms. The van der Waals surface area contributed by atoms with Crippen LogP contribution in [0.15, 0.2) is 4.99 Å². The van der Waals surface area contributed by atoms with Crippen molar-refractivity contribution < 1.29 is 0 Å². The first kappa shape index (κ1) is 11.3. The summed E-state index contributed by atoms with van der Waals surface area (Å²) in [5.41, 5.74) is 0. The fourth-order valence-corrected chi connectivity index (χ4v) is 2.30. The topological polar surface area (TPSA) is 18.8 Å². The third-order valence-corrected chi connectivity index (χ3v) is 3.04. The average Bonchev–Trinajstić information content (AvgIpc) is 2.19. The van der Waals surface area contributed by atoms with Gasteiger partial charge in [0.2, 0.25) is 0 Å². The predicted octanol–water partition coefficient (Wildman–Crippen LogP) is 1.80. The Balaban J connectivity index is 2.57. The lowest BCUT2D eigenvalue weighted by atomic mass is 9.95. The Hall–Kier alpha value is -0.730. The molecule has 0 bridgehead atoms. The smallest absolute Gasteiger partial charge is 0.195 e. The summed E-state index contributed by atoms with van der Waals surface area (Å²) in [6.07, 6.45) is 6.80. The molecule has 3 nitrogen and oxygen atoms in total. The van der Waals surface area contributed by atoms with Crippen LogP contribution in [0.1, 0.15) is 32.1 Å². The highest BCUT2D eigenvalue weighted by atomic mass is 15.4. The lowest BCUT2D eigenvalue weighted by Gasteiger charge is -2.35. The van der Waals surface area contributed by atoms with E-state index >= 15 is 0 Å². The van der Waals surface area contributed by atoms with Gasteiger partial charge in [0.15, 0.2) is 5.96 Å². The second kappa shape index (κ2) is 5.23. The van der Waals surface area contributed by atoms with Crippen molar-refractivity contribution in [3.63, 3.8) is 0 Å². The van der Waals surface area contributed by atoms with Gasteiger partial charge in [-0.1, -0.05) is 19.3 Å². The quantitative estimate of drug-likeness (QED) is 0.471. The van der Waals surface area contributed by atoms with Gasteiger partial charge in [0, 0.05) is 34.2 Å². The molecule has 0 heterocycles. The van der Waals surface area contributed by atoms with Crippen LogP contribution >= 0.6 is 0 Å². The molecule has 0 radical (unpaired) electrons. The summed E-state index contributed by atoms with van der Waals surface area (Å²) in [4.78, 5) is 8.76. The van der Waals surface area contributed by atoms with Gasteiger partial charge >= 0.3 is 0 Å². The zero-order valence-corrected chi connectivity index (χ0v) is 9.95. The number of hydrogen-bond donors (Lipinski definition) is 0. The van der Waals surface area contributed by atoms with E-state index in [4.69, 9.17) is 0 Å². The number of guanidine groups is 1. The van der Waals surface area contributed by atoms with Gasteiger partial charge in [-0.2, -0.15) is 0 Å². The van der Waals surface area contributed by atoms with E-state index in [0.717, 1.165) is 5.96 Å². The Bertz CT molecular complexity index is 193. The van der Waals surface area contributed by atoms with Crippen molar-refractivity contribution in [1.29, 1.82) is 0 Å². The van der Waals surface area contributed by atoms with Gasteiger partial charge in [0.25, 0.3) is 0 Å². The Morgan fingerprint density at radius 2 is 1.64 bits per heavy atom. The summed E-state index contributed by atoms with van der Waals surface area (Å²) < 4.78 is 0. The molecule has 0 aliphatic heterocycles. The Kier molecular flexibility index (Phi) is 4.23. The Labute approximate surface area is 87.8 Å². The minimum Gasteiger partial charge on any atom is -0.349 e. The van der Waals surface area contributed by atoms with Crippen molar-refractivity contribution in [3.05, 3.63) is 0 Å². The fraction of sp³-hybridized carbons (Fsp3) is 0.909. The standard InChI is InChI=1S/C11H23N3/c1-12-11(13(2)3)14(4)10-8-6-5-7-9-10/h10H,5-9H2,1-4H3/b12-11-. The third kappa shape index (κ3) is 2.63. The first-order valence-electron chi connectivity index (χ1n) is 5.53. The maximum Gasteiger partial charge on any atom is 0.195 e. The van der Waals surface area contributed by atoms with Crippen LogP contribution in [0, 0.1) is 0 Å². The predicted molar refractivity (Wildman–Crippen MR) is 61.7 cm³/mol. The van der Waals surface area contributed by atoms with Crippen LogP contribution in [0.25, 0.3) is 0 Å². The largest absolute Gasteiger partial charge is 0.349 e. The second-order valence-electron chi connectivity index (χ2n) is 4.32. The van der Waals surface area contributed by atoms with Gasteiger partial charge in [-0.25, -0.2) is 0 Å². The highest BCUT2D eigenvalue weighted by Gasteiger charge is 2.21. The molecular weight excluding hydrogens is 174 g/mol. The van der Waals surface area contributed by atoms with Crippen LogP contribution in [0.2, 0.25) is 0 Å².